The first-order chi connectivity index (χ1) is 53.9. The molecule has 0 atom stereocenters. The molecule has 0 aliphatic carbocycles. The molecule has 0 radical (unpaired) electrons. The molecule has 0 rings (SSSR count). The Morgan fingerprint density at radius 3 is 0.204 bits per heavy atom. The lowest BCUT2D eigenvalue weighted by Crippen LogP contribution is -1.70. The highest BCUT2D eigenvalue weighted by Crippen LogP contribution is 1.99. The van der Waals surface area contributed by atoms with Gasteiger partial charge in [-0.1, -0.05) is 5.22 Å². The molecule has 0 fully saturated rings. The Balaban J connectivity index is 4.13. The van der Waals surface area contributed by atoms with Gasteiger partial charge in [0.2, 0.25) is 0 Å². The van der Waals surface area contributed by atoms with Crippen LogP contribution < -0.4 is 5.84 Å². The zero-order valence-corrected chi connectivity index (χ0v) is 50.6. The summed E-state index contributed by atoms with van der Waals surface area (Å²) >= 11 is 1.81. The fourth-order valence-corrected chi connectivity index (χ4v) is 1.98. The third-order valence-corrected chi connectivity index (χ3v) is 4.48. The first-order valence-corrected chi connectivity index (χ1v) is 22.8. The van der Waals surface area contributed by atoms with Gasteiger partial charge in [0.05, 0.1) is 4.22 Å². The summed E-state index contributed by atoms with van der Waals surface area (Å²) in [5.74, 6) is 4.64. The van der Waals surface area contributed by atoms with Crippen LogP contribution in [-0.2, 0) is 0 Å². The van der Waals surface area contributed by atoms with Gasteiger partial charge in [-0.25, -0.2) is 0 Å². The van der Waals surface area contributed by atoms with Crippen molar-refractivity contribution >= 4 is 26.8 Å². The Labute approximate surface area is 580 Å². The van der Waals surface area contributed by atoms with Crippen LogP contribution in [0, 0.1) is 0 Å². The molecule has 0 aromatic carbocycles. The Hall–Kier alpha value is -20.6. The van der Waals surface area contributed by atoms with E-state index in [1.54, 1.807) is 0 Å². The number of nitrogens with two attached hydrogens (primary N) is 1. The van der Waals surface area contributed by atoms with Gasteiger partial charge < -0.3 is 5.84 Å². The second-order valence-corrected chi connectivity index (χ2v) is 10.1. The van der Waals surface area contributed by atoms with E-state index in [2.05, 4.69) is 554 Å². The molecule has 0 aliphatic heterocycles. The summed E-state index contributed by atoms with van der Waals surface area (Å²) in [5, 5.41) is 315. The van der Waals surface area contributed by atoms with Gasteiger partial charge in [0.25, 0.3) is 0 Å². The van der Waals surface area contributed by atoms with Crippen molar-refractivity contribution in [2.24, 2.45) is 554 Å². The Morgan fingerprint density at radius 2 is 0.148 bits per heavy atom. The summed E-state index contributed by atoms with van der Waals surface area (Å²) in [5.41, 5.74) is 0. The van der Waals surface area contributed by atoms with Gasteiger partial charge >= 0.3 is 0 Å². The summed E-state index contributed by atoms with van der Waals surface area (Å²) in [7, 11) is 0. The van der Waals surface area contributed by atoms with E-state index >= 15 is 0 Å². The summed E-state index contributed by atoms with van der Waals surface area (Å²) in [4.78, 5) is 0. The maximum Gasteiger partial charge on any atom is 0.0897 e. The van der Waals surface area contributed by atoms with Crippen molar-refractivity contribution in [3.05, 3.63) is 0 Å². The molecule has 0 aromatic heterocycles. The molecule has 0 bridgehead atoms. The standard InChI is InChI=1S/CH3IN106/c2-1-4-6-8-10-12-14-16-18-20-22-24-26-28-30-32-34-36-38-40-42-44-46-48-50-52-54-56-58-60-62-64-66-68-70-72-74-76-78-80-82-84-86-88-90-92-94-96-98-100-102-104-106-108-107-105-103-101-99-97-95-93-91-89-87-85-83-81-79-77-75-73-71-69-67-65-63-61-59-57-55-53-51-49-47-45-43-41-39-37-35-33-31-29-27-25-23-21-19-17-15-13-11-9-7-5-3/h1H,(H2,3,6,7,10,11,14,15,18,19,22,23,26,27,30,31,34,35,38,39,42,43,46,47,50,51,54,55,58,59,62,63,66,67,70,71,74,75,78,79,82,83,86,87,90,91,94,95,98,99,102,103,106,107). The van der Waals surface area contributed by atoms with Crippen molar-refractivity contribution < 1.29 is 0 Å². The maximum atomic E-state index is 4.64. The number of hydrogen-bond acceptors (Lipinski definition) is 2. The Morgan fingerprint density at radius 1 is 0.0926 bits per heavy atom. The van der Waals surface area contributed by atoms with Gasteiger partial charge in [0.15, 0.2) is 0 Å². The molecule has 107 heteroatoms. The second-order valence-electron chi connectivity index (χ2n) is 9.54. The van der Waals surface area contributed by atoms with Crippen LogP contribution in [-0.4, -0.2) is 4.22 Å². The zero-order valence-electron chi connectivity index (χ0n) is 48.5. The molecule has 0 aliphatic rings. The molecule has 108 heavy (non-hydrogen) atoms. The van der Waals surface area contributed by atoms with Crippen molar-refractivity contribution in [1.29, 1.82) is 0 Å². The predicted octanol–water partition coefficient (Wildman–Crippen LogP) is 19.4. The molecule has 106 nitrogen and oxygen atoms in total. The van der Waals surface area contributed by atoms with Gasteiger partial charge in [0.1, 0.15) is 0 Å². The monoisotopic (exact) mass is 1630 g/mol. The molecule has 0 spiro atoms. The third-order valence-electron chi connectivity index (χ3n) is 4.23. The van der Waals surface area contributed by atoms with Crippen molar-refractivity contribution in [2.45, 2.75) is 0 Å². The van der Waals surface area contributed by atoms with Crippen molar-refractivity contribution in [2.75, 3.05) is 0 Å². The molecule has 0 saturated heterocycles. The van der Waals surface area contributed by atoms with Gasteiger partial charge in [-0.2, -0.15) is 0 Å². The minimum atomic E-state index is 1.33. The quantitative estimate of drug-likeness (QED) is 0.0200. The molecule has 0 saturated carbocycles. The van der Waals surface area contributed by atoms with Gasteiger partial charge in [-0.3, -0.25) is 0 Å². The van der Waals surface area contributed by atoms with E-state index in [1.165, 1.54) is 4.22 Å². The van der Waals surface area contributed by atoms with Crippen LogP contribution in [0.5, 0.6) is 0 Å². The van der Waals surface area contributed by atoms with E-state index in [1.807, 2.05) is 22.6 Å². The fraction of sp³-hybridized carbons (Fsp3) is 0. The average molecular weight is 1630 g/mol. The smallest absolute Gasteiger partial charge is 0.0897 e. The van der Waals surface area contributed by atoms with Gasteiger partial charge in [-0.05, 0) is 101 Å². The average Bonchev–Trinajstić information content (AvgIpc) is 3.89. The topological polar surface area (TPSA) is 1320 Å². The minimum absolute atomic E-state index is 1.33. The SMILES string of the molecule is NN=NN=NN=NN=NN=NN=NN=NN=NN=NN=NN=NN=NN=NN=NN=NN=NN=NN=NN=NN=NN=NN=NN=NN=NN=NN=NN=NN=NN=NN=NN=NN=NN=NN=NN=NN=NN=NN=NN=NN=NN=NN=NN=NN=NN=NN=NN=NN=NN=NN=NN=NN=NN=CI. The molecule has 0 amide bonds. The lowest BCUT2D eigenvalue weighted by Gasteiger charge is -1.71. The van der Waals surface area contributed by atoms with E-state index in [0.717, 1.165) is 0 Å². The van der Waals surface area contributed by atoms with E-state index < -0.39 is 0 Å². The van der Waals surface area contributed by atoms with Crippen LogP contribution >= 0.6 is 22.6 Å². The fourth-order valence-electron chi connectivity index (χ4n) is 1.87. The largest absolute Gasteiger partial charge is 0.303 e. The highest BCUT2D eigenvalue weighted by molar-refractivity contribution is 14.1. The molecule has 0 heterocycles. The van der Waals surface area contributed by atoms with Crippen LogP contribution in [0.25, 0.3) is 0 Å². The number of nitrogens with zero attached hydrogens (tertiary/aromatic N) is 105. The number of rotatable bonds is 52. The van der Waals surface area contributed by atoms with Crippen LogP contribution in [0.2, 0.25) is 0 Å². The molecule has 2 N–H and O–H groups in total. The minimum Gasteiger partial charge on any atom is -0.303 e. The first-order valence-electron chi connectivity index (χ1n) is 21.5. The third kappa shape index (κ3) is 85.4. The predicted molar refractivity (Wildman–Crippen MR) is 279 cm³/mol. The van der Waals surface area contributed by atoms with Crippen LogP contribution in [0.1, 0.15) is 0 Å². The number of hydrogen-bond donors (Lipinski definition) is 1. The second kappa shape index (κ2) is 86.4. The lowest BCUT2D eigenvalue weighted by molar-refractivity contribution is 0.723. The van der Waals surface area contributed by atoms with E-state index in [0.29, 0.717) is 0 Å². The van der Waals surface area contributed by atoms with Crippen LogP contribution in [0.4, 0.5) is 0 Å². The van der Waals surface area contributed by atoms with E-state index in [4.69, 9.17) is 0 Å². The molecular formula is CH3IN106. The maximum absolute atomic E-state index is 4.64. The van der Waals surface area contributed by atoms with Crippen molar-refractivity contribution in [3.8, 4) is 0 Å². The van der Waals surface area contributed by atoms with Gasteiger partial charge in [0, 0.05) is 460 Å². The lowest BCUT2D eigenvalue weighted by atomic mass is 11.7. The Kier molecular flexibility index (Phi) is 69.9. The van der Waals surface area contributed by atoms with Crippen molar-refractivity contribution in [3.63, 3.8) is 0 Å². The molecular weight excluding hydrogens is 1620 g/mol. The number of halogens is 1. The van der Waals surface area contributed by atoms with Crippen molar-refractivity contribution in [1.82, 2.24) is 0 Å². The highest BCUT2D eigenvalue weighted by atomic mass is 127. The van der Waals surface area contributed by atoms with Gasteiger partial charge in [-0.15, -0.1) is 5.10 Å². The summed E-state index contributed by atoms with van der Waals surface area (Å²) in [6.45, 7) is 0. The van der Waals surface area contributed by atoms with E-state index in [-0.39, 0.29) is 0 Å². The van der Waals surface area contributed by atoms with E-state index in [9.17, 15) is 0 Å². The first kappa shape index (κ1) is 87.4. The Bertz CT molecular complexity index is 3770. The molecule has 544 valence electrons. The highest BCUT2D eigenvalue weighted by Gasteiger charge is 1.81. The summed E-state index contributed by atoms with van der Waals surface area (Å²) in [6, 6.07) is 0. The summed E-state index contributed by atoms with van der Waals surface area (Å²) < 4.78 is 1.33. The van der Waals surface area contributed by atoms with Crippen LogP contribution in [0.3, 0.4) is 0 Å². The molecule has 0 aromatic rings. The van der Waals surface area contributed by atoms with Crippen LogP contribution in [0.15, 0.2) is 548 Å². The normalized spacial score (nSPS) is 15.8. The summed E-state index contributed by atoms with van der Waals surface area (Å²) in [6.07, 6.45) is 0. The molecule has 0 unspecified atom stereocenters. The zero-order chi connectivity index (χ0) is 77.0.